The third-order valence-electron chi connectivity index (χ3n) is 3.00. The van der Waals surface area contributed by atoms with E-state index in [0.29, 0.717) is 19.5 Å². The first-order valence-corrected chi connectivity index (χ1v) is 6.26. The quantitative estimate of drug-likeness (QED) is 0.755. The molecular formula is C15H22N2O. The molecule has 0 spiro atoms. The summed E-state index contributed by atoms with van der Waals surface area (Å²) in [6.45, 7) is 8.65. The maximum atomic E-state index is 12.1. The van der Waals surface area contributed by atoms with E-state index in [1.54, 1.807) is 6.08 Å². The van der Waals surface area contributed by atoms with Crippen molar-refractivity contribution in [2.45, 2.75) is 26.2 Å². The molecule has 3 N–H and O–H groups in total. The number of aryl methyl sites for hydroxylation is 2. The standard InChI is InChI=1S/C15H22N2O/c1-4-9-17-15(18)13(7-8-16)14-10-11(2)5-6-12(14)3/h4-6,10,13H,1,7-9,16H2,2-3H3,(H,17,18). The van der Waals surface area contributed by atoms with Gasteiger partial charge in [-0.3, -0.25) is 4.79 Å². The third kappa shape index (κ3) is 3.70. The first-order chi connectivity index (χ1) is 8.60. The zero-order valence-corrected chi connectivity index (χ0v) is 11.2. The molecule has 1 atom stereocenters. The molecule has 18 heavy (non-hydrogen) atoms. The molecule has 0 heterocycles. The summed E-state index contributed by atoms with van der Waals surface area (Å²) in [5.74, 6) is -0.149. The Balaban J connectivity index is 2.99. The van der Waals surface area contributed by atoms with Gasteiger partial charge in [-0.05, 0) is 37.9 Å². The van der Waals surface area contributed by atoms with Crippen LogP contribution < -0.4 is 11.1 Å². The molecule has 0 aromatic heterocycles. The van der Waals surface area contributed by atoms with Crippen molar-refractivity contribution in [1.29, 1.82) is 0 Å². The third-order valence-corrected chi connectivity index (χ3v) is 3.00. The Morgan fingerprint density at radius 1 is 1.50 bits per heavy atom. The van der Waals surface area contributed by atoms with Gasteiger partial charge in [-0.1, -0.05) is 29.8 Å². The van der Waals surface area contributed by atoms with Gasteiger partial charge in [0.2, 0.25) is 5.91 Å². The summed E-state index contributed by atoms with van der Waals surface area (Å²) in [4.78, 5) is 12.1. The van der Waals surface area contributed by atoms with E-state index in [9.17, 15) is 4.79 Å². The molecule has 1 aromatic rings. The lowest BCUT2D eigenvalue weighted by Gasteiger charge is -2.18. The maximum absolute atomic E-state index is 12.1. The van der Waals surface area contributed by atoms with E-state index in [1.807, 2.05) is 13.8 Å². The Hall–Kier alpha value is -1.61. The number of carbonyl (C=O) groups is 1. The van der Waals surface area contributed by atoms with E-state index in [-0.39, 0.29) is 11.8 Å². The van der Waals surface area contributed by atoms with Gasteiger partial charge in [0, 0.05) is 6.54 Å². The Kier molecular flexibility index (Phi) is 5.59. The Morgan fingerprint density at radius 3 is 2.83 bits per heavy atom. The fourth-order valence-electron chi connectivity index (χ4n) is 2.03. The van der Waals surface area contributed by atoms with Gasteiger partial charge in [0.25, 0.3) is 0 Å². The van der Waals surface area contributed by atoms with Crippen molar-refractivity contribution in [2.75, 3.05) is 13.1 Å². The Labute approximate surface area is 109 Å². The smallest absolute Gasteiger partial charge is 0.227 e. The van der Waals surface area contributed by atoms with Crippen LogP contribution in [0.2, 0.25) is 0 Å². The number of rotatable bonds is 6. The monoisotopic (exact) mass is 246 g/mol. The van der Waals surface area contributed by atoms with Gasteiger partial charge in [-0.25, -0.2) is 0 Å². The molecule has 1 amide bonds. The molecule has 0 radical (unpaired) electrons. The van der Waals surface area contributed by atoms with E-state index in [4.69, 9.17) is 5.73 Å². The number of hydrogen-bond acceptors (Lipinski definition) is 2. The van der Waals surface area contributed by atoms with Crippen LogP contribution in [0, 0.1) is 13.8 Å². The van der Waals surface area contributed by atoms with Gasteiger partial charge in [0.05, 0.1) is 5.92 Å². The van der Waals surface area contributed by atoms with Crippen molar-refractivity contribution in [2.24, 2.45) is 5.73 Å². The van der Waals surface area contributed by atoms with Gasteiger partial charge >= 0.3 is 0 Å². The molecule has 98 valence electrons. The van der Waals surface area contributed by atoms with Crippen LogP contribution in [-0.4, -0.2) is 19.0 Å². The fourth-order valence-corrected chi connectivity index (χ4v) is 2.03. The van der Waals surface area contributed by atoms with E-state index >= 15 is 0 Å². The van der Waals surface area contributed by atoms with Crippen molar-refractivity contribution >= 4 is 5.91 Å². The lowest BCUT2D eigenvalue weighted by molar-refractivity contribution is -0.122. The molecule has 0 bridgehead atoms. The highest BCUT2D eigenvalue weighted by molar-refractivity contribution is 5.84. The minimum Gasteiger partial charge on any atom is -0.352 e. The number of carbonyl (C=O) groups excluding carboxylic acids is 1. The van der Waals surface area contributed by atoms with E-state index in [2.05, 4.69) is 30.1 Å². The molecule has 1 unspecified atom stereocenters. The Morgan fingerprint density at radius 2 is 2.22 bits per heavy atom. The lowest BCUT2D eigenvalue weighted by atomic mass is 9.90. The van der Waals surface area contributed by atoms with Gasteiger partial charge in [0.15, 0.2) is 0 Å². The second kappa shape index (κ2) is 6.97. The zero-order chi connectivity index (χ0) is 13.5. The van der Waals surface area contributed by atoms with Crippen LogP contribution in [0.15, 0.2) is 30.9 Å². The van der Waals surface area contributed by atoms with E-state index in [0.717, 1.165) is 16.7 Å². The van der Waals surface area contributed by atoms with E-state index in [1.165, 1.54) is 0 Å². The largest absolute Gasteiger partial charge is 0.352 e. The SMILES string of the molecule is C=CCNC(=O)C(CCN)c1cc(C)ccc1C. The van der Waals surface area contributed by atoms with Gasteiger partial charge in [-0.2, -0.15) is 0 Å². The van der Waals surface area contributed by atoms with Gasteiger partial charge in [0.1, 0.15) is 0 Å². The average Bonchev–Trinajstić information content (AvgIpc) is 2.36. The predicted octanol–water partition coefficient (Wildman–Crippen LogP) is 2.04. The van der Waals surface area contributed by atoms with Crippen LogP contribution in [0.5, 0.6) is 0 Å². The minimum atomic E-state index is -0.171. The molecule has 0 aliphatic carbocycles. The van der Waals surface area contributed by atoms with Crippen LogP contribution in [0.25, 0.3) is 0 Å². The average molecular weight is 246 g/mol. The summed E-state index contributed by atoms with van der Waals surface area (Å²) in [6, 6.07) is 6.18. The van der Waals surface area contributed by atoms with Crippen LogP contribution in [0.3, 0.4) is 0 Å². The highest BCUT2D eigenvalue weighted by Crippen LogP contribution is 2.24. The van der Waals surface area contributed by atoms with Gasteiger partial charge < -0.3 is 11.1 Å². The summed E-state index contributed by atoms with van der Waals surface area (Å²) in [5, 5.41) is 2.85. The molecule has 0 aliphatic rings. The maximum Gasteiger partial charge on any atom is 0.227 e. The van der Waals surface area contributed by atoms with Crippen molar-refractivity contribution < 1.29 is 4.79 Å². The van der Waals surface area contributed by atoms with E-state index < -0.39 is 0 Å². The second-order valence-corrected chi connectivity index (χ2v) is 4.52. The summed E-state index contributed by atoms with van der Waals surface area (Å²) < 4.78 is 0. The number of amides is 1. The number of nitrogens with two attached hydrogens (primary N) is 1. The lowest BCUT2D eigenvalue weighted by Crippen LogP contribution is -2.31. The molecule has 3 heteroatoms. The fraction of sp³-hybridized carbons (Fsp3) is 0.400. The number of benzene rings is 1. The molecule has 3 nitrogen and oxygen atoms in total. The summed E-state index contributed by atoms with van der Waals surface area (Å²) in [6.07, 6.45) is 2.34. The van der Waals surface area contributed by atoms with Crippen LogP contribution >= 0.6 is 0 Å². The molecule has 0 aliphatic heterocycles. The molecule has 0 saturated carbocycles. The Bertz CT molecular complexity index is 427. The molecular weight excluding hydrogens is 224 g/mol. The second-order valence-electron chi connectivity index (χ2n) is 4.52. The highest BCUT2D eigenvalue weighted by atomic mass is 16.1. The van der Waals surface area contributed by atoms with Gasteiger partial charge in [-0.15, -0.1) is 6.58 Å². The zero-order valence-electron chi connectivity index (χ0n) is 11.2. The molecule has 1 aromatic carbocycles. The topological polar surface area (TPSA) is 55.1 Å². The van der Waals surface area contributed by atoms with Crippen molar-refractivity contribution in [3.63, 3.8) is 0 Å². The summed E-state index contributed by atoms with van der Waals surface area (Å²) >= 11 is 0. The predicted molar refractivity (Wildman–Crippen MR) is 75.5 cm³/mol. The normalized spacial score (nSPS) is 11.9. The van der Waals surface area contributed by atoms with Crippen molar-refractivity contribution in [3.05, 3.63) is 47.5 Å². The number of hydrogen-bond donors (Lipinski definition) is 2. The summed E-state index contributed by atoms with van der Waals surface area (Å²) in [5.41, 5.74) is 8.99. The first-order valence-electron chi connectivity index (χ1n) is 6.26. The molecule has 0 fully saturated rings. The number of nitrogens with one attached hydrogen (secondary N) is 1. The van der Waals surface area contributed by atoms with Crippen LogP contribution in [0.1, 0.15) is 29.0 Å². The van der Waals surface area contributed by atoms with Crippen LogP contribution in [0.4, 0.5) is 0 Å². The highest BCUT2D eigenvalue weighted by Gasteiger charge is 2.20. The van der Waals surface area contributed by atoms with Crippen molar-refractivity contribution in [3.8, 4) is 0 Å². The molecule has 0 saturated heterocycles. The molecule has 1 rings (SSSR count). The van der Waals surface area contributed by atoms with Crippen molar-refractivity contribution in [1.82, 2.24) is 5.32 Å². The summed E-state index contributed by atoms with van der Waals surface area (Å²) in [7, 11) is 0. The first kappa shape index (κ1) is 14.5. The minimum absolute atomic E-state index is 0.0223. The van der Waals surface area contributed by atoms with Crippen LogP contribution in [-0.2, 0) is 4.79 Å².